The Hall–Kier alpha value is -3.20. The van der Waals surface area contributed by atoms with Crippen LogP contribution in [-0.2, 0) is 6.42 Å². The number of nitro benzene ring substituents is 1. The van der Waals surface area contributed by atoms with Crippen LogP contribution in [0.25, 0.3) is 0 Å². The molecule has 1 saturated heterocycles. The van der Waals surface area contributed by atoms with Gasteiger partial charge < -0.3 is 14.5 Å². The molecule has 3 rings (SSSR count). The number of nitrogens with one attached hydrogen (secondary N) is 1. The Bertz CT molecular complexity index is 941. The first-order valence-electron chi connectivity index (χ1n) is 9.69. The molecule has 0 atom stereocenters. The van der Waals surface area contributed by atoms with Crippen molar-refractivity contribution in [3.63, 3.8) is 0 Å². The van der Waals surface area contributed by atoms with Crippen LogP contribution in [0, 0.1) is 10.1 Å². The quantitative estimate of drug-likeness (QED) is 0.445. The zero-order valence-electron chi connectivity index (χ0n) is 17.0. The molecule has 1 aliphatic rings. The van der Waals surface area contributed by atoms with Crippen molar-refractivity contribution in [2.45, 2.75) is 13.3 Å². The van der Waals surface area contributed by atoms with Crippen LogP contribution in [-0.4, -0.2) is 54.1 Å². The fourth-order valence-electron chi connectivity index (χ4n) is 3.33. The van der Waals surface area contributed by atoms with E-state index in [2.05, 4.69) is 12.2 Å². The van der Waals surface area contributed by atoms with Gasteiger partial charge in [-0.1, -0.05) is 19.1 Å². The summed E-state index contributed by atoms with van der Waals surface area (Å²) in [4.78, 5) is 27.3. The van der Waals surface area contributed by atoms with Crippen molar-refractivity contribution in [1.82, 2.24) is 10.2 Å². The van der Waals surface area contributed by atoms with Gasteiger partial charge in [0, 0.05) is 31.7 Å². The largest absolute Gasteiger partial charge is 0.496 e. The monoisotopic (exact) mass is 428 g/mol. The maximum atomic E-state index is 12.4. The van der Waals surface area contributed by atoms with Gasteiger partial charge >= 0.3 is 0 Å². The minimum Gasteiger partial charge on any atom is -0.496 e. The van der Waals surface area contributed by atoms with Crippen LogP contribution in [0.2, 0.25) is 0 Å². The molecule has 9 heteroatoms. The maximum Gasteiger partial charge on any atom is 0.296 e. The first-order chi connectivity index (χ1) is 14.4. The molecule has 1 fully saturated rings. The van der Waals surface area contributed by atoms with Crippen molar-refractivity contribution in [3.05, 3.63) is 63.7 Å². The fourth-order valence-corrected chi connectivity index (χ4v) is 3.61. The zero-order chi connectivity index (χ0) is 21.7. The van der Waals surface area contributed by atoms with Gasteiger partial charge in [0.05, 0.1) is 18.1 Å². The zero-order valence-corrected chi connectivity index (χ0v) is 17.8. The summed E-state index contributed by atoms with van der Waals surface area (Å²) in [5.74, 6) is 0.204. The average molecular weight is 429 g/mol. The first-order valence-corrected chi connectivity index (χ1v) is 10.1. The van der Waals surface area contributed by atoms with Crippen LogP contribution in [0.3, 0.4) is 0 Å². The molecule has 0 bridgehead atoms. The van der Waals surface area contributed by atoms with Crippen LogP contribution < -0.4 is 15.0 Å². The van der Waals surface area contributed by atoms with Gasteiger partial charge in [0.2, 0.25) is 0 Å². The summed E-state index contributed by atoms with van der Waals surface area (Å²) < 4.78 is 5.09. The Kier molecular flexibility index (Phi) is 6.83. The molecule has 2 aromatic carbocycles. The van der Waals surface area contributed by atoms with Gasteiger partial charge in [-0.05, 0) is 48.5 Å². The van der Waals surface area contributed by atoms with E-state index in [-0.39, 0.29) is 11.6 Å². The van der Waals surface area contributed by atoms with Crippen LogP contribution in [0.4, 0.5) is 11.4 Å². The van der Waals surface area contributed by atoms with Crippen molar-refractivity contribution < 1.29 is 14.5 Å². The third-order valence-corrected chi connectivity index (χ3v) is 5.49. The average Bonchev–Trinajstić information content (AvgIpc) is 2.78. The molecule has 30 heavy (non-hydrogen) atoms. The van der Waals surface area contributed by atoms with Gasteiger partial charge in [-0.2, -0.15) is 0 Å². The number of hydrogen-bond donors (Lipinski definition) is 1. The summed E-state index contributed by atoms with van der Waals surface area (Å²) >= 11 is 5.41. The molecule has 0 unspecified atom stereocenters. The standard InChI is InChI=1S/C21H24N4O4S/c1-3-15-4-6-16(7-5-15)20(26)22-21(30)24-12-10-23(11-13-24)18-9-8-17(29-2)14-19(18)25(27)28/h4-9,14H,3,10-13H2,1-2H3,(H,22,26,30). The second-order valence-electron chi connectivity index (χ2n) is 6.90. The van der Waals surface area contributed by atoms with Crippen molar-refractivity contribution in [2.24, 2.45) is 0 Å². The number of thiocarbonyl (C=S) groups is 1. The normalized spacial score (nSPS) is 13.7. The van der Waals surface area contributed by atoms with Gasteiger partial charge in [0.25, 0.3) is 11.6 Å². The number of carbonyl (C=O) groups excluding carboxylic acids is 1. The number of piperazine rings is 1. The van der Waals surface area contributed by atoms with Crippen molar-refractivity contribution in [2.75, 3.05) is 38.2 Å². The van der Waals surface area contributed by atoms with Crippen molar-refractivity contribution in [3.8, 4) is 5.75 Å². The molecule has 0 spiro atoms. The summed E-state index contributed by atoms with van der Waals surface area (Å²) in [5, 5.41) is 14.6. The smallest absolute Gasteiger partial charge is 0.296 e. The van der Waals surface area contributed by atoms with Crippen molar-refractivity contribution >= 4 is 34.6 Å². The van der Waals surface area contributed by atoms with E-state index in [1.165, 1.54) is 13.2 Å². The summed E-state index contributed by atoms with van der Waals surface area (Å²) in [7, 11) is 1.48. The number of carbonyl (C=O) groups is 1. The summed E-state index contributed by atoms with van der Waals surface area (Å²) in [6, 6.07) is 12.3. The lowest BCUT2D eigenvalue weighted by Gasteiger charge is -2.37. The Morgan fingerprint density at radius 1 is 1.17 bits per heavy atom. The Morgan fingerprint density at radius 2 is 1.83 bits per heavy atom. The van der Waals surface area contributed by atoms with E-state index in [0.717, 1.165) is 12.0 Å². The second-order valence-corrected chi connectivity index (χ2v) is 7.28. The number of nitro groups is 1. The first kappa shape index (κ1) is 21.5. The highest BCUT2D eigenvalue weighted by Gasteiger charge is 2.25. The maximum absolute atomic E-state index is 12.4. The number of aryl methyl sites for hydroxylation is 1. The Balaban J connectivity index is 1.60. The molecular formula is C21H24N4O4S. The lowest BCUT2D eigenvalue weighted by Crippen LogP contribution is -2.52. The lowest BCUT2D eigenvalue weighted by atomic mass is 10.1. The van der Waals surface area contributed by atoms with Crippen LogP contribution in [0.15, 0.2) is 42.5 Å². The molecule has 1 amide bonds. The summed E-state index contributed by atoms with van der Waals surface area (Å²) in [6.07, 6.45) is 0.914. The molecule has 1 heterocycles. The molecule has 158 valence electrons. The highest BCUT2D eigenvalue weighted by Crippen LogP contribution is 2.32. The van der Waals surface area contributed by atoms with Gasteiger partial charge in [0.15, 0.2) is 5.11 Å². The molecule has 1 N–H and O–H groups in total. The van der Waals surface area contributed by atoms with Crippen LogP contribution in [0.1, 0.15) is 22.8 Å². The molecular weight excluding hydrogens is 404 g/mol. The molecule has 0 aliphatic carbocycles. The van der Waals surface area contributed by atoms with E-state index >= 15 is 0 Å². The molecule has 0 saturated carbocycles. The van der Waals surface area contributed by atoms with E-state index in [9.17, 15) is 14.9 Å². The molecule has 2 aromatic rings. The second kappa shape index (κ2) is 9.53. The Morgan fingerprint density at radius 3 is 2.40 bits per heavy atom. The minimum absolute atomic E-state index is 0.00852. The predicted molar refractivity (Wildman–Crippen MR) is 119 cm³/mol. The number of nitrogens with zero attached hydrogens (tertiary/aromatic N) is 3. The van der Waals surface area contributed by atoms with Gasteiger partial charge in [-0.3, -0.25) is 20.2 Å². The van der Waals surface area contributed by atoms with E-state index in [0.29, 0.717) is 48.3 Å². The molecule has 0 aromatic heterocycles. The van der Waals surface area contributed by atoms with E-state index in [1.807, 2.05) is 21.9 Å². The van der Waals surface area contributed by atoms with E-state index in [4.69, 9.17) is 17.0 Å². The number of amides is 1. The van der Waals surface area contributed by atoms with Crippen LogP contribution in [0.5, 0.6) is 5.75 Å². The van der Waals surface area contributed by atoms with E-state index < -0.39 is 4.92 Å². The Labute approximate surface area is 180 Å². The summed E-state index contributed by atoms with van der Waals surface area (Å²) in [5.41, 5.74) is 2.28. The topological polar surface area (TPSA) is 88.0 Å². The number of methoxy groups -OCH3 is 1. The number of anilines is 1. The summed E-state index contributed by atoms with van der Waals surface area (Å²) in [6.45, 7) is 4.27. The van der Waals surface area contributed by atoms with Crippen LogP contribution >= 0.6 is 12.2 Å². The van der Waals surface area contributed by atoms with E-state index in [1.54, 1.807) is 24.3 Å². The number of hydrogen-bond acceptors (Lipinski definition) is 6. The highest BCUT2D eigenvalue weighted by molar-refractivity contribution is 7.80. The number of rotatable bonds is 5. The highest BCUT2D eigenvalue weighted by atomic mass is 32.1. The molecule has 0 radical (unpaired) electrons. The van der Waals surface area contributed by atoms with Gasteiger partial charge in [-0.25, -0.2) is 0 Å². The third-order valence-electron chi connectivity index (χ3n) is 5.13. The van der Waals surface area contributed by atoms with Gasteiger partial charge in [-0.15, -0.1) is 0 Å². The lowest BCUT2D eigenvalue weighted by molar-refractivity contribution is -0.384. The third kappa shape index (κ3) is 4.85. The number of benzene rings is 2. The van der Waals surface area contributed by atoms with Gasteiger partial charge in [0.1, 0.15) is 11.4 Å². The predicted octanol–water partition coefficient (Wildman–Crippen LogP) is 3.00. The minimum atomic E-state index is -0.404. The molecule has 1 aliphatic heterocycles. The fraction of sp³-hybridized carbons (Fsp3) is 0.333. The SMILES string of the molecule is CCc1ccc(C(=O)NC(=S)N2CCN(c3ccc(OC)cc3[N+](=O)[O-])CC2)cc1. The number of ether oxygens (including phenoxy) is 1. The molecule has 8 nitrogen and oxygen atoms in total. The van der Waals surface area contributed by atoms with Crippen molar-refractivity contribution in [1.29, 1.82) is 0 Å².